The molecule has 0 spiro atoms. The zero-order valence-corrected chi connectivity index (χ0v) is 18.4. The van der Waals surface area contributed by atoms with Crippen molar-refractivity contribution in [3.63, 3.8) is 0 Å². The first kappa shape index (κ1) is 21.6. The van der Waals surface area contributed by atoms with E-state index < -0.39 is 5.97 Å². The number of aromatic carboxylic acids is 1. The quantitative estimate of drug-likeness (QED) is 0.387. The molecule has 2 heterocycles. The van der Waals surface area contributed by atoms with Crippen LogP contribution < -0.4 is 4.74 Å². The largest absolute Gasteiger partial charge is 0.491 e. The predicted molar refractivity (Wildman–Crippen MR) is 125 cm³/mol. The third-order valence-electron chi connectivity index (χ3n) is 5.09. The number of hydrogen-bond acceptors (Lipinski definition) is 4. The number of aromatic nitrogens is 2. The van der Waals surface area contributed by atoms with Gasteiger partial charge in [-0.3, -0.25) is 4.57 Å². The molecule has 0 saturated heterocycles. The monoisotopic (exact) mass is 430 g/mol. The molecule has 2 aromatic carbocycles. The lowest BCUT2D eigenvalue weighted by atomic mass is 10.0. The van der Waals surface area contributed by atoms with Crippen molar-refractivity contribution in [2.75, 3.05) is 6.61 Å². The molecule has 0 bridgehead atoms. The third-order valence-corrected chi connectivity index (χ3v) is 5.09. The fraction of sp³-hybridized carbons (Fsp3) is 0.231. The second-order valence-electron chi connectivity index (χ2n) is 7.80. The van der Waals surface area contributed by atoms with Crippen LogP contribution in [0.4, 0.5) is 0 Å². The molecule has 0 atom stereocenters. The minimum atomic E-state index is -1.00. The van der Waals surface area contributed by atoms with Crippen LogP contribution >= 0.6 is 0 Å². The van der Waals surface area contributed by atoms with Gasteiger partial charge in [-0.1, -0.05) is 24.3 Å². The normalized spacial score (nSPS) is 11.2. The SMILES string of the molecule is CCOCc1ccc(-n2c(C(=O)O)cc3cc(-c4ccc(OC(C)C)cc4)ccc32)nc1. The van der Waals surface area contributed by atoms with E-state index in [1.807, 2.05) is 75.4 Å². The molecule has 4 aromatic rings. The maximum Gasteiger partial charge on any atom is 0.352 e. The van der Waals surface area contributed by atoms with Gasteiger partial charge in [-0.05, 0) is 73.9 Å². The molecule has 6 nitrogen and oxygen atoms in total. The minimum Gasteiger partial charge on any atom is -0.491 e. The lowest BCUT2D eigenvalue weighted by Gasteiger charge is -2.11. The zero-order valence-electron chi connectivity index (χ0n) is 18.4. The van der Waals surface area contributed by atoms with E-state index in [9.17, 15) is 9.90 Å². The van der Waals surface area contributed by atoms with Crippen LogP contribution in [-0.2, 0) is 11.3 Å². The molecular weight excluding hydrogens is 404 g/mol. The van der Waals surface area contributed by atoms with E-state index in [1.165, 1.54) is 0 Å². The van der Waals surface area contributed by atoms with Gasteiger partial charge in [0.25, 0.3) is 0 Å². The maximum atomic E-state index is 12.0. The standard InChI is InChI=1S/C26H26N2O4/c1-4-31-16-18-5-12-25(27-15-18)28-23-11-8-20(13-21(23)14-24(28)26(29)30)19-6-9-22(10-7-19)32-17(2)3/h5-15,17H,4,16H2,1-3H3,(H,29,30). The van der Waals surface area contributed by atoms with Crippen molar-refractivity contribution >= 4 is 16.9 Å². The van der Waals surface area contributed by atoms with E-state index in [2.05, 4.69) is 4.98 Å². The van der Waals surface area contributed by atoms with Crippen LogP contribution in [0.15, 0.2) is 66.9 Å². The zero-order chi connectivity index (χ0) is 22.7. The van der Waals surface area contributed by atoms with Crippen molar-refractivity contribution in [2.24, 2.45) is 0 Å². The summed E-state index contributed by atoms with van der Waals surface area (Å²) in [7, 11) is 0. The second-order valence-corrected chi connectivity index (χ2v) is 7.80. The molecule has 0 unspecified atom stereocenters. The number of benzene rings is 2. The van der Waals surface area contributed by atoms with Crippen LogP contribution in [0.25, 0.3) is 27.8 Å². The molecule has 0 saturated carbocycles. The van der Waals surface area contributed by atoms with Crippen LogP contribution in [0.2, 0.25) is 0 Å². The van der Waals surface area contributed by atoms with Crippen molar-refractivity contribution in [3.8, 4) is 22.7 Å². The van der Waals surface area contributed by atoms with Gasteiger partial charge >= 0.3 is 5.97 Å². The lowest BCUT2D eigenvalue weighted by Crippen LogP contribution is -2.08. The summed E-state index contributed by atoms with van der Waals surface area (Å²) in [6.07, 6.45) is 1.84. The molecule has 6 heteroatoms. The van der Waals surface area contributed by atoms with Crippen LogP contribution in [0.5, 0.6) is 5.75 Å². The highest BCUT2D eigenvalue weighted by Gasteiger charge is 2.17. The summed E-state index contributed by atoms with van der Waals surface area (Å²) >= 11 is 0. The minimum absolute atomic E-state index is 0.119. The maximum absolute atomic E-state index is 12.0. The first-order valence-electron chi connectivity index (χ1n) is 10.6. The number of rotatable bonds is 8. The van der Waals surface area contributed by atoms with Gasteiger partial charge in [-0.15, -0.1) is 0 Å². The molecule has 0 aliphatic carbocycles. The molecule has 0 fully saturated rings. The highest BCUT2D eigenvalue weighted by atomic mass is 16.5. The van der Waals surface area contributed by atoms with Gasteiger partial charge in [-0.25, -0.2) is 9.78 Å². The van der Waals surface area contributed by atoms with Crippen molar-refractivity contribution in [3.05, 3.63) is 78.1 Å². The number of hydrogen-bond donors (Lipinski definition) is 1. The van der Waals surface area contributed by atoms with E-state index in [0.29, 0.717) is 19.0 Å². The summed E-state index contributed by atoms with van der Waals surface area (Å²) in [5, 5.41) is 10.6. The predicted octanol–water partition coefficient (Wildman–Crippen LogP) is 5.71. The Morgan fingerprint density at radius 2 is 1.78 bits per heavy atom. The number of carboxylic acid groups (broad SMARTS) is 1. The fourth-order valence-electron chi connectivity index (χ4n) is 3.65. The molecule has 1 N–H and O–H groups in total. The number of pyridine rings is 1. The topological polar surface area (TPSA) is 73.6 Å². The average Bonchev–Trinajstić information content (AvgIpc) is 3.17. The Labute approximate surface area is 187 Å². The van der Waals surface area contributed by atoms with Gasteiger partial charge in [0.05, 0.1) is 18.2 Å². The van der Waals surface area contributed by atoms with E-state index in [1.54, 1.807) is 16.8 Å². The van der Waals surface area contributed by atoms with Crippen molar-refractivity contribution in [1.29, 1.82) is 0 Å². The van der Waals surface area contributed by atoms with Crippen molar-refractivity contribution in [2.45, 2.75) is 33.5 Å². The molecule has 4 rings (SSSR count). The number of nitrogens with zero attached hydrogens (tertiary/aromatic N) is 2. The summed E-state index contributed by atoms with van der Waals surface area (Å²) < 4.78 is 12.8. The smallest absolute Gasteiger partial charge is 0.352 e. The first-order valence-corrected chi connectivity index (χ1v) is 10.6. The molecule has 0 aliphatic rings. The van der Waals surface area contributed by atoms with Crippen LogP contribution in [0, 0.1) is 0 Å². The van der Waals surface area contributed by atoms with Gasteiger partial charge in [0.1, 0.15) is 17.3 Å². The number of ether oxygens (including phenoxy) is 2. The Bertz CT molecular complexity index is 1230. The molecule has 2 aromatic heterocycles. The van der Waals surface area contributed by atoms with Crippen molar-refractivity contribution in [1.82, 2.24) is 9.55 Å². The van der Waals surface area contributed by atoms with E-state index >= 15 is 0 Å². The Balaban J connectivity index is 1.71. The van der Waals surface area contributed by atoms with Gasteiger partial charge in [0, 0.05) is 18.2 Å². The van der Waals surface area contributed by atoms with E-state index in [-0.39, 0.29) is 11.8 Å². The molecular formula is C26H26N2O4. The lowest BCUT2D eigenvalue weighted by molar-refractivity contribution is 0.0688. The molecule has 0 aliphatic heterocycles. The number of carboxylic acids is 1. The van der Waals surface area contributed by atoms with E-state index in [4.69, 9.17) is 9.47 Å². The van der Waals surface area contributed by atoms with Gasteiger partial charge in [0.2, 0.25) is 0 Å². The molecule has 0 radical (unpaired) electrons. The van der Waals surface area contributed by atoms with E-state index in [0.717, 1.165) is 33.3 Å². The number of carbonyl (C=O) groups is 1. The molecule has 164 valence electrons. The van der Waals surface area contributed by atoms with Gasteiger partial charge < -0.3 is 14.6 Å². The fourth-order valence-corrected chi connectivity index (χ4v) is 3.65. The molecule has 0 amide bonds. The highest BCUT2D eigenvalue weighted by molar-refractivity contribution is 5.97. The summed E-state index contributed by atoms with van der Waals surface area (Å²) in [5.41, 5.74) is 3.93. The third kappa shape index (κ3) is 4.50. The Morgan fingerprint density at radius 3 is 2.41 bits per heavy atom. The van der Waals surface area contributed by atoms with Crippen LogP contribution in [0.1, 0.15) is 36.8 Å². The first-order chi connectivity index (χ1) is 15.5. The second kappa shape index (κ2) is 9.24. The van der Waals surface area contributed by atoms with Crippen molar-refractivity contribution < 1.29 is 19.4 Å². The van der Waals surface area contributed by atoms with Crippen LogP contribution in [-0.4, -0.2) is 33.3 Å². The Kier molecular flexibility index (Phi) is 6.23. The summed E-state index contributed by atoms with van der Waals surface area (Å²) in [5.74, 6) is 0.377. The summed E-state index contributed by atoms with van der Waals surface area (Å²) in [6, 6.07) is 19.2. The highest BCUT2D eigenvalue weighted by Crippen LogP contribution is 2.30. The summed E-state index contributed by atoms with van der Waals surface area (Å²) in [4.78, 5) is 16.5. The Hall–Kier alpha value is -3.64. The number of fused-ring (bicyclic) bond motifs is 1. The van der Waals surface area contributed by atoms with Gasteiger partial charge in [0.15, 0.2) is 0 Å². The van der Waals surface area contributed by atoms with Crippen LogP contribution in [0.3, 0.4) is 0 Å². The van der Waals surface area contributed by atoms with Gasteiger partial charge in [-0.2, -0.15) is 0 Å². The molecule has 32 heavy (non-hydrogen) atoms. The average molecular weight is 431 g/mol. The Morgan fingerprint density at radius 1 is 1.03 bits per heavy atom. The summed E-state index contributed by atoms with van der Waals surface area (Å²) in [6.45, 7) is 7.03.